The fraction of sp³-hybridized carbons (Fsp3) is 0.333. The predicted molar refractivity (Wildman–Crippen MR) is 65.7 cm³/mol. The van der Waals surface area contributed by atoms with Crippen LogP contribution in [0, 0.1) is 0 Å². The van der Waals surface area contributed by atoms with Crippen LogP contribution >= 0.6 is 0 Å². The van der Waals surface area contributed by atoms with Crippen LogP contribution in [0.1, 0.15) is 0 Å². The third-order valence-electron chi connectivity index (χ3n) is 2.59. The molecule has 0 aliphatic heterocycles. The molecule has 18 heavy (non-hydrogen) atoms. The van der Waals surface area contributed by atoms with Crippen LogP contribution in [0.3, 0.4) is 0 Å². The number of ether oxygens (including phenoxy) is 4. The Kier molecular flexibility index (Phi) is 3.36. The molecule has 2 aromatic rings. The van der Waals surface area contributed by atoms with Crippen LogP contribution in [-0.4, -0.2) is 38.4 Å². The van der Waals surface area contributed by atoms with Gasteiger partial charge in [0.25, 0.3) is 0 Å². The smallest absolute Gasteiger partial charge is 0.224 e. The molecule has 2 rings (SSSR count). The summed E-state index contributed by atoms with van der Waals surface area (Å²) in [4.78, 5) is 8.24. The van der Waals surface area contributed by atoms with E-state index in [0.29, 0.717) is 34.0 Å². The molecule has 1 heterocycles. The van der Waals surface area contributed by atoms with Crippen LogP contribution in [0.4, 0.5) is 0 Å². The van der Waals surface area contributed by atoms with Gasteiger partial charge in [0.05, 0.1) is 33.8 Å². The second kappa shape index (κ2) is 4.95. The van der Waals surface area contributed by atoms with Crippen LogP contribution in [0.25, 0.3) is 10.9 Å². The third kappa shape index (κ3) is 1.75. The van der Waals surface area contributed by atoms with Crippen LogP contribution in [0.2, 0.25) is 0 Å². The Morgan fingerprint density at radius 2 is 1.56 bits per heavy atom. The maximum atomic E-state index is 5.34. The van der Waals surface area contributed by atoms with Gasteiger partial charge in [-0.3, -0.25) is 0 Å². The van der Waals surface area contributed by atoms with Crippen molar-refractivity contribution in [1.82, 2.24) is 9.97 Å². The van der Waals surface area contributed by atoms with E-state index < -0.39 is 0 Å². The van der Waals surface area contributed by atoms with Gasteiger partial charge in [-0.2, -0.15) is 0 Å². The van der Waals surface area contributed by atoms with Gasteiger partial charge in [0.2, 0.25) is 11.6 Å². The van der Waals surface area contributed by atoms with E-state index in [1.54, 1.807) is 34.5 Å². The molecule has 0 N–H and O–H groups in total. The van der Waals surface area contributed by atoms with Crippen molar-refractivity contribution in [3.63, 3.8) is 0 Å². The van der Waals surface area contributed by atoms with E-state index in [1.807, 2.05) is 0 Å². The first-order chi connectivity index (χ1) is 8.76. The van der Waals surface area contributed by atoms with Crippen molar-refractivity contribution < 1.29 is 18.9 Å². The lowest BCUT2D eigenvalue weighted by Crippen LogP contribution is -1.99. The van der Waals surface area contributed by atoms with Crippen molar-refractivity contribution in [3.8, 4) is 23.1 Å². The van der Waals surface area contributed by atoms with Crippen LogP contribution < -0.4 is 18.9 Å². The molecule has 0 aliphatic rings. The van der Waals surface area contributed by atoms with Gasteiger partial charge in [-0.05, 0) is 6.07 Å². The molecule has 0 saturated heterocycles. The number of hydrogen-bond donors (Lipinski definition) is 0. The fourth-order valence-corrected chi connectivity index (χ4v) is 1.80. The lowest BCUT2D eigenvalue weighted by atomic mass is 10.2. The third-order valence-corrected chi connectivity index (χ3v) is 2.59. The normalized spacial score (nSPS) is 10.2. The van der Waals surface area contributed by atoms with E-state index in [0.717, 1.165) is 0 Å². The van der Waals surface area contributed by atoms with Crippen molar-refractivity contribution >= 4 is 10.9 Å². The number of rotatable bonds is 4. The van der Waals surface area contributed by atoms with Crippen molar-refractivity contribution in [2.45, 2.75) is 0 Å². The van der Waals surface area contributed by atoms with E-state index in [4.69, 9.17) is 18.9 Å². The highest BCUT2D eigenvalue weighted by atomic mass is 16.5. The lowest BCUT2D eigenvalue weighted by molar-refractivity contribution is 0.326. The van der Waals surface area contributed by atoms with Gasteiger partial charge in [0, 0.05) is 0 Å². The summed E-state index contributed by atoms with van der Waals surface area (Å²) < 4.78 is 21.1. The molecule has 0 unspecified atom stereocenters. The molecular weight excluding hydrogens is 236 g/mol. The van der Waals surface area contributed by atoms with Crippen molar-refractivity contribution in [1.29, 1.82) is 0 Å². The van der Waals surface area contributed by atoms with Gasteiger partial charge < -0.3 is 18.9 Å². The van der Waals surface area contributed by atoms with E-state index in [1.165, 1.54) is 6.33 Å². The molecule has 0 saturated carbocycles. The zero-order valence-corrected chi connectivity index (χ0v) is 10.7. The molecule has 0 atom stereocenters. The second-order valence-corrected chi connectivity index (χ2v) is 3.42. The zero-order chi connectivity index (χ0) is 13.1. The van der Waals surface area contributed by atoms with E-state index >= 15 is 0 Å². The summed E-state index contributed by atoms with van der Waals surface area (Å²) in [7, 11) is 6.19. The van der Waals surface area contributed by atoms with Gasteiger partial charge in [0.1, 0.15) is 11.8 Å². The number of aromatic nitrogens is 2. The highest BCUT2D eigenvalue weighted by Gasteiger charge is 2.19. The average Bonchev–Trinajstić information content (AvgIpc) is 2.44. The maximum absolute atomic E-state index is 5.34. The Balaban J connectivity index is 2.87. The second-order valence-electron chi connectivity index (χ2n) is 3.42. The van der Waals surface area contributed by atoms with Crippen molar-refractivity contribution in [3.05, 3.63) is 12.4 Å². The summed E-state index contributed by atoms with van der Waals surface area (Å²) in [6.45, 7) is 0. The summed E-state index contributed by atoms with van der Waals surface area (Å²) in [6, 6.07) is 1.76. The molecule has 0 bridgehead atoms. The summed E-state index contributed by atoms with van der Waals surface area (Å²) in [6.07, 6.45) is 1.41. The van der Waals surface area contributed by atoms with E-state index in [9.17, 15) is 0 Å². The Morgan fingerprint density at radius 1 is 0.833 bits per heavy atom. The minimum Gasteiger partial charge on any atom is -0.493 e. The van der Waals surface area contributed by atoms with Crippen LogP contribution in [0.5, 0.6) is 23.1 Å². The number of hydrogen-bond acceptors (Lipinski definition) is 6. The van der Waals surface area contributed by atoms with Crippen molar-refractivity contribution in [2.75, 3.05) is 28.4 Å². The Morgan fingerprint density at radius 3 is 2.11 bits per heavy atom. The van der Waals surface area contributed by atoms with E-state index in [2.05, 4.69) is 9.97 Å². The lowest BCUT2D eigenvalue weighted by Gasteiger charge is -2.14. The number of benzene rings is 1. The Bertz CT molecular complexity index is 571. The monoisotopic (exact) mass is 250 g/mol. The predicted octanol–water partition coefficient (Wildman–Crippen LogP) is 1.66. The summed E-state index contributed by atoms with van der Waals surface area (Å²) in [5.74, 6) is 1.98. The molecule has 1 aromatic heterocycles. The molecule has 1 aromatic carbocycles. The minimum atomic E-state index is 0.458. The summed E-state index contributed by atoms with van der Waals surface area (Å²) >= 11 is 0. The van der Waals surface area contributed by atoms with E-state index in [-0.39, 0.29) is 0 Å². The minimum absolute atomic E-state index is 0.458. The molecule has 0 amide bonds. The molecule has 0 fully saturated rings. The first-order valence-electron chi connectivity index (χ1n) is 5.24. The van der Waals surface area contributed by atoms with Gasteiger partial charge in [0.15, 0.2) is 11.5 Å². The first-order valence-corrected chi connectivity index (χ1v) is 5.24. The molecule has 6 nitrogen and oxygen atoms in total. The van der Waals surface area contributed by atoms with Crippen LogP contribution in [-0.2, 0) is 0 Å². The Hall–Kier alpha value is -2.24. The van der Waals surface area contributed by atoms with Gasteiger partial charge in [-0.25, -0.2) is 9.97 Å². The zero-order valence-electron chi connectivity index (χ0n) is 10.7. The topological polar surface area (TPSA) is 62.7 Å². The van der Waals surface area contributed by atoms with Gasteiger partial charge in [-0.15, -0.1) is 0 Å². The maximum Gasteiger partial charge on any atom is 0.224 e. The molecule has 96 valence electrons. The molecular formula is C12H14N2O4. The number of methoxy groups -OCH3 is 4. The Labute approximate surface area is 104 Å². The molecule has 0 aliphatic carbocycles. The summed E-state index contributed by atoms with van der Waals surface area (Å²) in [5, 5.41) is 0.703. The largest absolute Gasteiger partial charge is 0.493 e. The molecule has 0 spiro atoms. The highest BCUT2D eigenvalue weighted by Crippen LogP contribution is 2.43. The summed E-state index contributed by atoms with van der Waals surface area (Å²) in [5.41, 5.74) is 0.613. The van der Waals surface area contributed by atoms with Crippen molar-refractivity contribution in [2.24, 2.45) is 0 Å². The van der Waals surface area contributed by atoms with Gasteiger partial charge in [-0.1, -0.05) is 0 Å². The molecule has 0 radical (unpaired) electrons. The quantitative estimate of drug-likeness (QED) is 0.822. The number of fused-ring (bicyclic) bond motifs is 1. The average molecular weight is 250 g/mol. The number of nitrogens with zero attached hydrogens (tertiary/aromatic N) is 2. The SMILES string of the molecule is COc1cc2c(OC)ncnc2c(OC)c1OC. The fourth-order valence-electron chi connectivity index (χ4n) is 1.80. The molecule has 6 heteroatoms. The standard InChI is InChI=1S/C12H14N2O4/c1-15-8-5-7-9(11(17-3)10(8)16-2)13-6-14-12(7)18-4/h5-6H,1-4H3. The first kappa shape index (κ1) is 12.2. The van der Waals surface area contributed by atoms with Crippen LogP contribution in [0.15, 0.2) is 12.4 Å². The highest BCUT2D eigenvalue weighted by molar-refractivity contribution is 5.92. The van der Waals surface area contributed by atoms with Gasteiger partial charge >= 0.3 is 0 Å².